The Hall–Kier alpha value is -2.77. The van der Waals surface area contributed by atoms with E-state index in [1.807, 2.05) is 0 Å². The minimum Gasteiger partial charge on any atom is -0.478 e. The molecule has 0 radical (unpaired) electrons. The monoisotopic (exact) mass is 369 g/mol. The maximum absolute atomic E-state index is 12.7. The molecule has 2 N–H and O–H groups in total. The first-order chi connectivity index (χ1) is 12.2. The van der Waals surface area contributed by atoms with Crippen molar-refractivity contribution in [1.82, 2.24) is 5.32 Å². The number of carbonyl (C=O) groups is 2. The van der Waals surface area contributed by atoms with Crippen molar-refractivity contribution in [2.45, 2.75) is 38.9 Å². The van der Waals surface area contributed by atoms with Crippen LogP contribution in [-0.4, -0.2) is 17.0 Å². The van der Waals surface area contributed by atoms with Gasteiger partial charge in [-0.1, -0.05) is 18.2 Å². The first-order valence-corrected chi connectivity index (χ1v) is 7.92. The van der Waals surface area contributed by atoms with Gasteiger partial charge in [0.1, 0.15) is 17.1 Å². The van der Waals surface area contributed by atoms with Crippen LogP contribution in [0.15, 0.2) is 34.7 Å². The number of carboxylic acid groups (broad SMARTS) is 1. The van der Waals surface area contributed by atoms with E-state index in [9.17, 15) is 22.8 Å². The number of amides is 1. The zero-order chi connectivity index (χ0) is 19.3. The van der Waals surface area contributed by atoms with E-state index < -0.39 is 17.7 Å². The van der Waals surface area contributed by atoms with Crippen molar-refractivity contribution in [3.63, 3.8) is 0 Å². The van der Waals surface area contributed by atoms with Crippen LogP contribution < -0.4 is 5.32 Å². The smallest absolute Gasteiger partial charge is 0.416 e. The molecule has 0 saturated heterocycles. The fourth-order valence-corrected chi connectivity index (χ4v) is 2.47. The van der Waals surface area contributed by atoms with E-state index in [4.69, 9.17) is 9.52 Å². The number of hydrogen-bond acceptors (Lipinski definition) is 3. The van der Waals surface area contributed by atoms with Crippen LogP contribution in [0.25, 0.3) is 0 Å². The molecule has 140 valence electrons. The average Bonchev–Trinajstić information content (AvgIpc) is 2.94. The van der Waals surface area contributed by atoms with E-state index in [0.717, 1.165) is 12.1 Å². The highest BCUT2D eigenvalue weighted by atomic mass is 19.4. The topological polar surface area (TPSA) is 79.5 Å². The first kappa shape index (κ1) is 19.6. The van der Waals surface area contributed by atoms with Crippen molar-refractivity contribution in [3.8, 4) is 0 Å². The molecule has 8 heteroatoms. The Morgan fingerprint density at radius 2 is 1.96 bits per heavy atom. The number of carbonyl (C=O) groups excluding carboxylic acids is 1. The SMILES string of the molecule is Cc1oc(CNC(=O)CCCc2cccc(C(F)(F)F)c2)cc1C(=O)O. The summed E-state index contributed by atoms with van der Waals surface area (Å²) < 4.78 is 43.2. The fourth-order valence-electron chi connectivity index (χ4n) is 2.47. The molecular formula is C18H18F3NO4. The lowest BCUT2D eigenvalue weighted by Crippen LogP contribution is -2.22. The summed E-state index contributed by atoms with van der Waals surface area (Å²) in [5, 5.41) is 11.5. The number of halogens is 3. The molecule has 2 rings (SSSR count). The minimum atomic E-state index is -4.39. The van der Waals surface area contributed by atoms with Gasteiger partial charge >= 0.3 is 12.1 Å². The molecule has 0 aliphatic carbocycles. The zero-order valence-corrected chi connectivity index (χ0v) is 14.0. The largest absolute Gasteiger partial charge is 0.478 e. The molecular weight excluding hydrogens is 351 g/mol. The maximum Gasteiger partial charge on any atom is 0.416 e. The molecule has 0 atom stereocenters. The van der Waals surface area contributed by atoms with Gasteiger partial charge in [0.2, 0.25) is 5.91 Å². The third-order valence-electron chi connectivity index (χ3n) is 3.78. The second-order valence-electron chi connectivity index (χ2n) is 5.82. The number of benzene rings is 1. The van der Waals surface area contributed by atoms with Crippen molar-refractivity contribution in [1.29, 1.82) is 0 Å². The molecule has 0 aliphatic heterocycles. The molecule has 0 fully saturated rings. The van der Waals surface area contributed by atoms with Gasteiger partial charge in [-0.2, -0.15) is 13.2 Å². The van der Waals surface area contributed by atoms with E-state index in [2.05, 4.69) is 5.32 Å². The van der Waals surface area contributed by atoms with Gasteiger partial charge in [-0.05, 0) is 37.5 Å². The highest BCUT2D eigenvalue weighted by molar-refractivity contribution is 5.88. The van der Waals surface area contributed by atoms with Crippen LogP contribution in [-0.2, 0) is 23.9 Å². The zero-order valence-electron chi connectivity index (χ0n) is 14.0. The van der Waals surface area contributed by atoms with Gasteiger partial charge in [-0.3, -0.25) is 4.79 Å². The summed E-state index contributed by atoms with van der Waals surface area (Å²) >= 11 is 0. The standard InChI is InChI=1S/C18H18F3NO4/c1-11-15(17(24)25)9-14(26-11)10-22-16(23)7-3-5-12-4-2-6-13(8-12)18(19,20)21/h2,4,6,8-9H,3,5,7,10H2,1H3,(H,22,23)(H,24,25). The molecule has 1 aromatic carbocycles. The van der Waals surface area contributed by atoms with Crippen LogP contribution in [0, 0.1) is 6.92 Å². The second-order valence-corrected chi connectivity index (χ2v) is 5.82. The van der Waals surface area contributed by atoms with Crippen LogP contribution in [0.1, 0.15) is 45.8 Å². The Morgan fingerprint density at radius 3 is 2.58 bits per heavy atom. The Labute approximate surface area is 147 Å². The summed E-state index contributed by atoms with van der Waals surface area (Å²) in [4.78, 5) is 22.7. The first-order valence-electron chi connectivity index (χ1n) is 7.92. The minimum absolute atomic E-state index is 0.0406. The highest BCUT2D eigenvalue weighted by Crippen LogP contribution is 2.29. The Bertz CT molecular complexity index is 796. The van der Waals surface area contributed by atoms with Crippen LogP contribution in [0.5, 0.6) is 0 Å². The second kappa shape index (κ2) is 8.07. The fraction of sp³-hybridized carbons (Fsp3) is 0.333. The summed E-state index contributed by atoms with van der Waals surface area (Å²) in [5.41, 5.74) is -0.152. The molecule has 1 amide bonds. The van der Waals surface area contributed by atoms with Gasteiger partial charge in [0.25, 0.3) is 0 Å². The summed E-state index contributed by atoms with van der Waals surface area (Å²) in [6, 6.07) is 6.37. The number of rotatable bonds is 7. The molecule has 0 unspecified atom stereocenters. The van der Waals surface area contributed by atoms with Crippen molar-refractivity contribution < 1.29 is 32.3 Å². The Balaban J connectivity index is 1.79. The van der Waals surface area contributed by atoms with Crippen molar-refractivity contribution >= 4 is 11.9 Å². The predicted octanol–water partition coefficient (Wildman–Crippen LogP) is 3.94. The van der Waals surface area contributed by atoms with E-state index in [-0.39, 0.29) is 30.2 Å². The van der Waals surface area contributed by atoms with Crippen LogP contribution in [0.4, 0.5) is 13.2 Å². The summed E-state index contributed by atoms with van der Waals surface area (Å²) in [7, 11) is 0. The van der Waals surface area contributed by atoms with Gasteiger partial charge in [-0.15, -0.1) is 0 Å². The lowest BCUT2D eigenvalue weighted by molar-refractivity contribution is -0.137. The highest BCUT2D eigenvalue weighted by Gasteiger charge is 2.30. The number of aryl methyl sites for hydroxylation is 2. The number of furan rings is 1. The summed E-state index contributed by atoms with van der Waals surface area (Å²) in [6.07, 6.45) is -3.50. The lowest BCUT2D eigenvalue weighted by atomic mass is 10.0. The molecule has 0 saturated carbocycles. The van der Waals surface area contributed by atoms with Crippen molar-refractivity contribution in [3.05, 3.63) is 58.5 Å². The van der Waals surface area contributed by atoms with E-state index in [1.165, 1.54) is 19.1 Å². The normalized spacial score (nSPS) is 11.4. The average molecular weight is 369 g/mol. The van der Waals surface area contributed by atoms with E-state index >= 15 is 0 Å². The summed E-state index contributed by atoms with van der Waals surface area (Å²) in [6.45, 7) is 1.57. The maximum atomic E-state index is 12.7. The van der Waals surface area contributed by atoms with Crippen LogP contribution >= 0.6 is 0 Å². The summed E-state index contributed by atoms with van der Waals surface area (Å²) in [5.74, 6) is -0.815. The number of alkyl halides is 3. The van der Waals surface area contributed by atoms with Crippen molar-refractivity contribution in [2.75, 3.05) is 0 Å². The Morgan fingerprint density at radius 1 is 1.23 bits per heavy atom. The number of aromatic carboxylic acids is 1. The van der Waals surface area contributed by atoms with Gasteiger partial charge in [0.15, 0.2) is 0 Å². The predicted molar refractivity (Wildman–Crippen MR) is 86.6 cm³/mol. The molecule has 1 aromatic heterocycles. The molecule has 0 aliphatic rings. The van der Waals surface area contributed by atoms with Gasteiger partial charge in [-0.25, -0.2) is 4.79 Å². The molecule has 1 heterocycles. The van der Waals surface area contributed by atoms with Crippen LogP contribution in [0.3, 0.4) is 0 Å². The Kier molecular flexibility index (Phi) is 6.07. The van der Waals surface area contributed by atoms with Crippen molar-refractivity contribution in [2.24, 2.45) is 0 Å². The molecule has 2 aromatic rings. The van der Waals surface area contributed by atoms with Gasteiger partial charge in [0, 0.05) is 6.42 Å². The molecule has 5 nitrogen and oxygen atoms in total. The molecule has 0 bridgehead atoms. The molecule has 26 heavy (non-hydrogen) atoms. The lowest BCUT2D eigenvalue weighted by Gasteiger charge is -2.08. The van der Waals surface area contributed by atoms with E-state index in [1.54, 1.807) is 6.07 Å². The van der Waals surface area contributed by atoms with E-state index in [0.29, 0.717) is 24.2 Å². The third kappa shape index (κ3) is 5.37. The number of nitrogens with one attached hydrogen (secondary N) is 1. The molecule has 0 spiro atoms. The number of carboxylic acids is 1. The van der Waals surface area contributed by atoms with Gasteiger partial charge < -0.3 is 14.8 Å². The van der Waals surface area contributed by atoms with Gasteiger partial charge in [0.05, 0.1) is 12.1 Å². The quantitative estimate of drug-likeness (QED) is 0.775. The van der Waals surface area contributed by atoms with Crippen LogP contribution in [0.2, 0.25) is 0 Å². The third-order valence-corrected chi connectivity index (χ3v) is 3.78. The number of hydrogen-bond donors (Lipinski definition) is 2.